The summed E-state index contributed by atoms with van der Waals surface area (Å²) < 4.78 is 6.61. The molecule has 1 heterocycles. The van der Waals surface area contributed by atoms with Gasteiger partial charge in [0.05, 0.1) is 17.3 Å². The summed E-state index contributed by atoms with van der Waals surface area (Å²) in [5.74, 6) is -1.10. The van der Waals surface area contributed by atoms with Gasteiger partial charge in [-0.3, -0.25) is 14.9 Å². The highest BCUT2D eigenvalue weighted by Crippen LogP contribution is 2.20. The number of carbonyl (C=O) groups is 2. The molecule has 1 N–H and O–H groups in total. The zero-order valence-corrected chi connectivity index (χ0v) is 15.2. The van der Waals surface area contributed by atoms with Gasteiger partial charge in [-0.05, 0) is 42.5 Å². The lowest BCUT2D eigenvalue weighted by molar-refractivity contribution is -0.118. The number of nitriles is 1. The van der Waals surface area contributed by atoms with E-state index in [0.717, 1.165) is 4.47 Å². The van der Waals surface area contributed by atoms with Gasteiger partial charge >= 0.3 is 0 Å². The first-order valence-electron chi connectivity index (χ1n) is 7.56. The fraction of sp³-hybridized carbons (Fsp3) is 0.0526. The van der Waals surface area contributed by atoms with Gasteiger partial charge in [-0.1, -0.05) is 22.0 Å². The van der Waals surface area contributed by atoms with Gasteiger partial charge in [-0.25, -0.2) is 4.99 Å². The molecule has 0 unspecified atom stereocenters. The van der Waals surface area contributed by atoms with Crippen molar-refractivity contribution in [2.75, 3.05) is 0 Å². The highest BCUT2D eigenvalue weighted by atomic mass is 79.9. The first-order valence-corrected chi connectivity index (χ1v) is 8.36. The Balaban J connectivity index is 2.25. The van der Waals surface area contributed by atoms with Crippen molar-refractivity contribution in [1.82, 2.24) is 5.32 Å². The summed E-state index contributed by atoms with van der Waals surface area (Å²) in [7, 11) is 0. The summed E-state index contributed by atoms with van der Waals surface area (Å²) in [6, 6.07) is 15.6. The van der Waals surface area contributed by atoms with E-state index < -0.39 is 11.8 Å². The van der Waals surface area contributed by atoms with E-state index in [0.29, 0.717) is 22.2 Å². The number of halogens is 1. The number of amides is 2. The molecule has 1 aromatic heterocycles. The Bertz CT molecular complexity index is 1140. The molecule has 0 fully saturated rings. The molecule has 26 heavy (non-hydrogen) atoms. The van der Waals surface area contributed by atoms with Gasteiger partial charge in [0, 0.05) is 16.8 Å². The largest absolute Gasteiger partial charge is 0.438 e. The summed E-state index contributed by atoms with van der Waals surface area (Å²) in [4.78, 5) is 28.0. The molecule has 0 atom stereocenters. The van der Waals surface area contributed by atoms with Gasteiger partial charge in [0.2, 0.25) is 11.5 Å². The molecule has 128 valence electrons. The molecule has 3 rings (SSSR count). The number of nitrogens with zero attached hydrogens (tertiary/aromatic N) is 2. The van der Waals surface area contributed by atoms with Gasteiger partial charge < -0.3 is 4.42 Å². The third kappa shape index (κ3) is 3.87. The van der Waals surface area contributed by atoms with Crippen LogP contribution in [0.25, 0.3) is 11.0 Å². The van der Waals surface area contributed by atoms with Crippen LogP contribution in [0.15, 0.2) is 62.4 Å². The summed E-state index contributed by atoms with van der Waals surface area (Å²) in [6.45, 7) is 1.25. The lowest BCUT2D eigenvalue weighted by Gasteiger charge is -2.05. The highest BCUT2D eigenvalue weighted by Gasteiger charge is 2.14. The van der Waals surface area contributed by atoms with Crippen LogP contribution in [0.5, 0.6) is 0 Å². The maximum Gasteiger partial charge on any atom is 0.263 e. The quantitative estimate of drug-likeness (QED) is 0.699. The smallest absolute Gasteiger partial charge is 0.263 e. The average molecular weight is 410 g/mol. The summed E-state index contributed by atoms with van der Waals surface area (Å²) in [6.07, 6.45) is 0. The Hall–Kier alpha value is -3.24. The van der Waals surface area contributed by atoms with Crippen LogP contribution in [0.1, 0.15) is 22.8 Å². The standard InChI is InChI=1S/C19H12BrN3O3/c1-11(24)22-18(25)16-9-13-8-14(20)5-6-17(13)26-19(16)23-15-4-2-3-12(7-15)10-21/h2-9H,1H3,(H,22,24,25). The highest BCUT2D eigenvalue weighted by molar-refractivity contribution is 9.10. The summed E-state index contributed by atoms with van der Waals surface area (Å²) in [5, 5.41) is 11.9. The van der Waals surface area contributed by atoms with Gasteiger partial charge in [0.15, 0.2) is 0 Å². The van der Waals surface area contributed by atoms with Gasteiger partial charge in [0.25, 0.3) is 5.91 Å². The van der Waals surface area contributed by atoms with Crippen molar-refractivity contribution in [2.45, 2.75) is 6.92 Å². The molecule has 0 aliphatic carbocycles. The minimum atomic E-state index is -0.613. The molecule has 7 heteroatoms. The maximum absolute atomic E-state index is 12.4. The van der Waals surface area contributed by atoms with Gasteiger partial charge in [-0.15, -0.1) is 0 Å². The summed E-state index contributed by atoms with van der Waals surface area (Å²) >= 11 is 3.37. The molecule has 3 aromatic rings. The van der Waals surface area contributed by atoms with E-state index in [-0.39, 0.29) is 11.1 Å². The topological polar surface area (TPSA) is 95.5 Å². The Morgan fingerprint density at radius 2 is 2.00 bits per heavy atom. The number of imide groups is 1. The Morgan fingerprint density at radius 1 is 1.19 bits per heavy atom. The van der Waals surface area contributed by atoms with E-state index in [1.165, 1.54) is 6.92 Å². The zero-order valence-electron chi connectivity index (χ0n) is 13.6. The Labute approximate surface area is 156 Å². The van der Waals surface area contributed by atoms with Crippen LogP contribution in [0.3, 0.4) is 0 Å². The van der Waals surface area contributed by atoms with Gasteiger partial charge in [-0.2, -0.15) is 5.26 Å². The average Bonchev–Trinajstić information content (AvgIpc) is 2.61. The normalized spacial score (nSPS) is 11.2. The fourth-order valence-corrected chi connectivity index (χ4v) is 2.72. The molecule has 2 aromatic carbocycles. The number of nitrogens with one attached hydrogen (secondary N) is 1. The lowest BCUT2D eigenvalue weighted by Crippen LogP contribution is -2.32. The van der Waals surface area contributed by atoms with E-state index in [1.807, 2.05) is 6.07 Å². The van der Waals surface area contributed by atoms with Crippen LogP contribution in [-0.4, -0.2) is 11.8 Å². The second-order valence-electron chi connectivity index (χ2n) is 5.43. The second kappa shape index (κ2) is 7.33. The predicted molar refractivity (Wildman–Crippen MR) is 98.4 cm³/mol. The van der Waals surface area contributed by atoms with E-state index in [2.05, 4.69) is 26.2 Å². The minimum absolute atomic E-state index is 0.0497. The second-order valence-corrected chi connectivity index (χ2v) is 6.35. The molecule has 0 saturated heterocycles. The number of rotatable bonds is 2. The van der Waals surface area contributed by atoms with Crippen molar-refractivity contribution in [2.24, 2.45) is 4.99 Å². The number of hydrogen-bond acceptors (Lipinski definition) is 5. The number of fused-ring (bicyclic) bond motifs is 1. The van der Waals surface area contributed by atoms with Crippen LogP contribution >= 0.6 is 15.9 Å². The van der Waals surface area contributed by atoms with Crippen molar-refractivity contribution in [3.05, 3.63) is 69.7 Å². The molecule has 0 aliphatic heterocycles. The van der Waals surface area contributed by atoms with Crippen LogP contribution in [0.2, 0.25) is 0 Å². The monoisotopic (exact) mass is 409 g/mol. The van der Waals surface area contributed by atoms with Crippen molar-refractivity contribution >= 4 is 44.4 Å². The van der Waals surface area contributed by atoms with Crippen molar-refractivity contribution < 1.29 is 14.0 Å². The molecule has 0 bridgehead atoms. The molecule has 0 saturated carbocycles. The van der Waals surface area contributed by atoms with Crippen LogP contribution in [-0.2, 0) is 4.79 Å². The molecular formula is C19H12BrN3O3. The van der Waals surface area contributed by atoms with E-state index in [1.54, 1.807) is 48.5 Å². The lowest BCUT2D eigenvalue weighted by atomic mass is 10.1. The first kappa shape index (κ1) is 17.6. The molecule has 2 amide bonds. The van der Waals surface area contributed by atoms with Crippen molar-refractivity contribution in [3.8, 4) is 6.07 Å². The third-order valence-corrected chi connectivity index (χ3v) is 3.94. The van der Waals surface area contributed by atoms with Crippen LogP contribution in [0.4, 0.5) is 5.69 Å². The number of hydrogen-bond donors (Lipinski definition) is 1. The minimum Gasteiger partial charge on any atom is -0.438 e. The number of carbonyl (C=O) groups excluding carboxylic acids is 2. The first-order chi connectivity index (χ1) is 12.5. The van der Waals surface area contributed by atoms with Gasteiger partial charge in [0.1, 0.15) is 11.1 Å². The third-order valence-electron chi connectivity index (χ3n) is 3.45. The van der Waals surface area contributed by atoms with Crippen molar-refractivity contribution in [3.63, 3.8) is 0 Å². The van der Waals surface area contributed by atoms with Crippen LogP contribution < -0.4 is 10.9 Å². The van der Waals surface area contributed by atoms with E-state index >= 15 is 0 Å². The number of benzene rings is 2. The van der Waals surface area contributed by atoms with E-state index in [4.69, 9.17) is 9.68 Å². The Kier molecular flexibility index (Phi) is 4.96. The molecule has 0 radical (unpaired) electrons. The molecule has 0 aliphatic rings. The molecule has 0 spiro atoms. The predicted octanol–water partition coefficient (Wildman–Crippen LogP) is 3.58. The summed E-state index contributed by atoms with van der Waals surface area (Å²) in [5.41, 5.74) is 1.59. The van der Waals surface area contributed by atoms with E-state index in [9.17, 15) is 9.59 Å². The fourth-order valence-electron chi connectivity index (χ4n) is 2.34. The van der Waals surface area contributed by atoms with Crippen LogP contribution in [0, 0.1) is 11.3 Å². The Morgan fingerprint density at radius 3 is 2.73 bits per heavy atom. The maximum atomic E-state index is 12.4. The molecule has 6 nitrogen and oxygen atoms in total. The van der Waals surface area contributed by atoms with Crippen molar-refractivity contribution in [1.29, 1.82) is 5.26 Å². The zero-order chi connectivity index (χ0) is 18.7. The molecular weight excluding hydrogens is 398 g/mol. The SMILES string of the molecule is CC(=O)NC(=O)c1cc2cc(Br)ccc2oc1=Nc1cccc(C#N)c1.